The lowest BCUT2D eigenvalue weighted by Crippen LogP contribution is -2.49. The third kappa shape index (κ3) is 2.99. The number of hydrogen-bond acceptors (Lipinski definition) is 2. The van der Waals surface area contributed by atoms with E-state index in [9.17, 15) is 22.8 Å². The summed E-state index contributed by atoms with van der Waals surface area (Å²) in [5, 5.41) is 0. The molecular formula is C17H19F3N2O2. The van der Waals surface area contributed by atoms with Gasteiger partial charge in [0.1, 0.15) is 6.54 Å². The summed E-state index contributed by atoms with van der Waals surface area (Å²) in [6, 6.07) is 6.96. The smallest absolute Gasteiger partial charge is 0.312 e. The van der Waals surface area contributed by atoms with Crippen molar-refractivity contribution in [2.24, 2.45) is 11.8 Å². The first-order valence-electron chi connectivity index (χ1n) is 8.02. The van der Waals surface area contributed by atoms with Crippen LogP contribution in [0.3, 0.4) is 0 Å². The maximum absolute atomic E-state index is 13.0. The Morgan fingerprint density at radius 2 is 1.83 bits per heavy atom. The van der Waals surface area contributed by atoms with E-state index in [0.717, 1.165) is 0 Å². The molecule has 0 bridgehead atoms. The number of anilines is 2. The number of carbonyl (C=O) groups is 2. The van der Waals surface area contributed by atoms with Crippen molar-refractivity contribution in [3.8, 4) is 0 Å². The standard InChI is InChI=1S/C17H19F3N2O2/c1-21-13-7-2-3-8-14(13)22(10-15(21)23)16(24)11-5-4-6-12(9-11)17(18,19)20/h2-3,7-8,11-12H,4-6,9-10H2,1H3/t11-,12-/m1/s1. The van der Waals surface area contributed by atoms with E-state index in [1.807, 2.05) is 0 Å². The predicted molar refractivity (Wildman–Crippen MR) is 83.7 cm³/mol. The van der Waals surface area contributed by atoms with Crippen molar-refractivity contribution in [2.75, 3.05) is 23.4 Å². The molecule has 7 heteroatoms. The van der Waals surface area contributed by atoms with Crippen LogP contribution < -0.4 is 9.80 Å². The lowest BCUT2D eigenvalue weighted by atomic mass is 9.80. The Hall–Kier alpha value is -2.05. The Labute approximate surface area is 138 Å². The normalized spacial score (nSPS) is 24.8. The number of nitrogens with zero attached hydrogens (tertiary/aromatic N) is 2. The number of fused-ring (bicyclic) bond motifs is 1. The maximum Gasteiger partial charge on any atom is 0.391 e. The summed E-state index contributed by atoms with van der Waals surface area (Å²) in [6.07, 6.45) is -3.57. The molecule has 1 fully saturated rings. The highest BCUT2D eigenvalue weighted by Crippen LogP contribution is 2.42. The second kappa shape index (κ2) is 6.11. The summed E-state index contributed by atoms with van der Waals surface area (Å²) in [4.78, 5) is 27.8. The molecule has 4 nitrogen and oxygen atoms in total. The molecule has 0 N–H and O–H groups in total. The number of para-hydroxylation sites is 2. The quantitative estimate of drug-likeness (QED) is 0.786. The summed E-state index contributed by atoms with van der Waals surface area (Å²) < 4.78 is 39.0. The molecule has 24 heavy (non-hydrogen) atoms. The van der Waals surface area contributed by atoms with Crippen LogP contribution >= 0.6 is 0 Å². The number of halogens is 3. The number of benzene rings is 1. The van der Waals surface area contributed by atoms with Crippen molar-refractivity contribution in [1.82, 2.24) is 0 Å². The molecule has 1 aromatic rings. The number of rotatable bonds is 1. The van der Waals surface area contributed by atoms with Crippen molar-refractivity contribution in [3.05, 3.63) is 24.3 Å². The summed E-state index contributed by atoms with van der Waals surface area (Å²) in [5.41, 5.74) is 1.18. The third-order valence-electron chi connectivity index (χ3n) is 4.95. The van der Waals surface area contributed by atoms with Gasteiger partial charge in [0.15, 0.2) is 0 Å². The van der Waals surface area contributed by atoms with Gasteiger partial charge in [-0.05, 0) is 31.4 Å². The van der Waals surface area contributed by atoms with Gasteiger partial charge in [0.25, 0.3) is 0 Å². The molecule has 1 aromatic carbocycles. The highest BCUT2D eigenvalue weighted by atomic mass is 19.4. The minimum atomic E-state index is -4.27. The average molecular weight is 340 g/mol. The molecule has 0 unspecified atom stereocenters. The molecule has 0 aromatic heterocycles. The topological polar surface area (TPSA) is 40.6 Å². The number of carbonyl (C=O) groups excluding carboxylic acids is 2. The molecule has 130 valence electrons. The summed E-state index contributed by atoms with van der Waals surface area (Å²) in [6.45, 7) is -0.125. The largest absolute Gasteiger partial charge is 0.391 e. The Bertz CT molecular complexity index is 659. The minimum Gasteiger partial charge on any atom is -0.312 e. The number of alkyl halides is 3. The van der Waals surface area contributed by atoms with Crippen molar-refractivity contribution in [1.29, 1.82) is 0 Å². The van der Waals surface area contributed by atoms with Gasteiger partial charge < -0.3 is 9.80 Å². The van der Waals surface area contributed by atoms with Gasteiger partial charge in [-0.3, -0.25) is 9.59 Å². The first-order chi connectivity index (χ1) is 11.3. The monoisotopic (exact) mass is 340 g/mol. The van der Waals surface area contributed by atoms with Crippen molar-refractivity contribution in [2.45, 2.75) is 31.9 Å². The van der Waals surface area contributed by atoms with Crippen LogP contribution in [0.15, 0.2) is 24.3 Å². The van der Waals surface area contributed by atoms with Gasteiger partial charge in [-0.25, -0.2) is 0 Å². The Morgan fingerprint density at radius 3 is 2.50 bits per heavy atom. The molecule has 0 saturated heterocycles. The lowest BCUT2D eigenvalue weighted by Gasteiger charge is -2.37. The van der Waals surface area contributed by atoms with E-state index in [-0.39, 0.29) is 31.2 Å². The fourth-order valence-corrected chi connectivity index (χ4v) is 3.57. The van der Waals surface area contributed by atoms with E-state index in [4.69, 9.17) is 0 Å². The molecule has 3 rings (SSSR count). The molecule has 1 aliphatic heterocycles. The SMILES string of the molecule is CN1C(=O)CN(C(=O)[C@@H]2CCC[C@@H](C(F)(F)F)C2)c2ccccc21. The molecular weight excluding hydrogens is 321 g/mol. The molecule has 2 atom stereocenters. The van der Waals surface area contributed by atoms with Crippen LogP contribution in [-0.2, 0) is 9.59 Å². The highest BCUT2D eigenvalue weighted by Gasteiger charge is 2.45. The summed E-state index contributed by atoms with van der Waals surface area (Å²) >= 11 is 0. The van der Waals surface area contributed by atoms with Gasteiger partial charge in [-0.15, -0.1) is 0 Å². The van der Waals surface area contributed by atoms with Crippen LogP contribution in [0.5, 0.6) is 0 Å². The number of likely N-dealkylation sites (N-methyl/N-ethyl adjacent to an activating group) is 1. The van der Waals surface area contributed by atoms with E-state index < -0.39 is 18.0 Å². The zero-order valence-corrected chi connectivity index (χ0v) is 13.3. The van der Waals surface area contributed by atoms with E-state index in [1.54, 1.807) is 31.3 Å². The zero-order chi connectivity index (χ0) is 17.5. The van der Waals surface area contributed by atoms with Crippen LogP contribution in [0.2, 0.25) is 0 Å². The van der Waals surface area contributed by atoms with Crippen molar-refractivity contribution in [3.63, 3.8) is 0 Å². The lowest BCUT2D eigenvalue weighted by molar-refractivity contribution is -0.186. The Balaban J connectivity index is 1.85. The first-order valence-corrected chi connectivity index (χ1v) is 8.02. The van der Waals surface area contributed by atoms with Crippen LogP contribution in [0.4, 0.5) is 24.5 Å². The average Bonchev–Trinajstić information content (AvgIpc) is 2.57. The van der Waals surface area contributed by atoms with Crippen LogP contribution in [0.1, 0.15) is 25.7 Å². The molecule has 0 spiro atoms. The Morgan fingerprint density at radius 1 is 1.17 bits per heavy atom. The molecule has 0 radical (unpaired) electrons. The van der Waals surface area contributed by atoms with E-state index >= 15 is 0 Å². The van der Waals surface area contributed by atoms with E-state index in [0.29, 0.717) is 24.2 Å². The Kier molecular flexibility index (Phi) is 4.27. The fraction of sp³-hybridized carbons (Fsp3) is 0.529. The van der Waals surface area contributed by atoms with Gasteiger partial charge >= 0.3 is 6.18 Å². The molecule has 2 aliphatic rings. The second-order valence-corrected chi connectivity index (χ2v) is 6.47. The summed E-state index contributed by atoms with van der Waals surface area (Å²) in [7, 11) is 1.63. The minimum absolute atomic E-state index is 0.0749. The third-order valence-corrected chi connectivity index (χ3v) is 4.95. The van der Waals surface area contributed by atoms with Crippen LogP contribution in [-0.4, -0.2) is 31.6 Å². The zero-order valence-electron chi connectivity index (χ0n) is 13.3. The van der Waals surface area contributed by atoms with Gasteiger partial charge in [-0.2, -0.15) is 13.2 Å². The van der Waals surface area contributed by atoms with Crippen LogP contribution in [0, 0.1) is 11.8 Å². The van der Waals surface area contributed by atoms with Gasteiger partial charge in [0.05, 0.1) is 17.3 Å². The summed E-state index contributed by atoms with van der Waals surface area (Å²) in [5.74, 6) is -2.74. The number of hydrogen-bond donors (Lipinski definition) is 0. The predicted octanol–water partition coefficient (Wildman–Crippen LogP) is 3.36. The van der Waals surface area contributed by atoms with E-state index in [2.05, 4.69) is 0 Å². The molecule has 2 amide bonds. The molecule has 1 saturated carbocycles. The van der Waals surface area contributed by atoms with Gasteiger partial charge in [0.2, 0.25) is 11.8 Å². The second-order valence-electron chi connectivity index (χ2n) is 6.47. The van der Waals surface area contributed by atoms with Gasteiger partial charge in [-0.1, -0.05) is 18.6 Å². The highest BCUT2D eigenvalue weighted by molar-refractivity contribution is 6.11. The van der Waals surface area contributed by atoms with Crippen molar-refractivity contribution >= 4 is 23.2 Å². The van der Waals surface area contributed by atoms with E-state index in [1.165, 1.54) is 9.80 Å². The molecule has 1 aliphatic carbocycles. The van der Waals surface area contributed by atoms with Crippen LogP contribution in [0.25, 0.3) is 0 Å². The maximum atomic E-state index is 13.0. The molecule has 1 heterocycles. The van der Waals surface area contributed by atoms with Crippen molar-refractivity contribution < 1.29 is 22.8 Å². The van der Waals surface area contributed by atoms with Gasteiger partial charge in [0, 0.05) is 13.0 Å². The number of amides is 2. The fourth-order valence-electron chi connectivity index (χ4n) is 3.57. The first kappa shape index (κ1) is 16.8.